The summed E-state index contributed by atoms with van der Waals surface area (Å²) in [4.78, 5) is 19.6. The lowest BCUT2D eigenvalue weighted by molar-refractivity contribution is 0.0519. The van der Waals surface area contributed by atoms with Gasteiger partial charge in [-0.1, -0.05) is 0 Å². The highest BCUT2D eigenvalue weighted by Gasteiger charge is 2.14. The van der Waals surface area contributed by atoms with E-state index in [1.807, 2.05) is 12.3 Å². The van der Waals surface area contributed by atoms with Crippen molar-refractivity contribution < 1.29 is 13.9 Å². The van der Waals surface area contributed by atoms with Gasteiger partial charge in [0, 0.05) is 22.8 Å². The average Bonchev–Trinajstić information content (AvgIpc) is 2.89. The molecule has 0 radical (unpaired) electrons. The van der Waals surface area contributed by atoms with Crippen LogP contribution in [0.15, 0.2) is 25.6 Å². The molecule has 0 spiro atoms. The summed E-state index contributed by atoms with van der Waals surface area (Å²) in [6.07, 6.45) is 1.29. The predicted molar refractivity (Wildman–Crippen MR) is 63.4 cm³/mol. The average molecular weight is 270 g/mol. The van der Waals surface area contributed by atoms with Crippen molar-refractivity contribution in [1.82, 2.24) is 9.97 Å². The highest BCUT2D eigenvalue weighted by Crippen LogP contribution is 2.29. The van der Waals surface area contributed by atoms with Crippen molar-refractivity contribution in [1.29, 1.82) is 0 Å². The minimum atomic E-state index is -0.474. The minimum Gasteiger partial charge on any atom is -0.461 e. The van der Waals surface area contributed by atoms with Crippen LogP contribution >= 0.6 is 23.1 Å². The van der Waals surface area contributed by atoms with Crippen LogP contribution in [0, 0.1) is 6.92 Å². The SMILES string of the molecule is CCOC(=O)c1coc(Sc2nc(C)cs2)n1. The molecule has 0 atom stereocenters. The van der Waals surface area contributed by atoms with Crippen LogP contribution in [0.4, 0.5) is 0 Å². The Morgan fingerprint density at radius 2 is 2.41 bits per heavy atom. The Hall–Kier alpha value is -1.34. The van der Waals surface area contributed by atoms with Gasteiger partial charge in [-0.15, -0.1) is 11.3 Å². The summed E-state index contributed by atoms with van der Waals surface area (Å²) in [5.74, 6) is -0.474. The van der Waals surface area contributed by atoms with Gasteiger partial charge in [-0.05, 0) is 13.8 Å². The number of aromatic nitrogens is 2. The molecular weight excluding hydrogens is 260 g/mol. The van der Waals surface area contributed by atoms with Gasteiger partial charge >= 0.3 is 5.97 Å². The highest BCUT2D eigenvalue weighted by molar-refractivity contribution is 8.00. The summed E-state index contributed by atoms with van der Waals surface area (Å²) in [7, 11) is 0. The number of aryl methyl sites for hydroxylation is 1. The highest BCUT2D eigenvalue weighted by atomic mass is 32.2. The summed E-state index contributed by atoms with van der Waals surface area (Å²) < 4.78 is 10.8. The Labute approximate surface area is 106 Å². The largest absolute Gasteiger partial charge is 0.461 e. The molecule has 0 aliphatic heterocycles. The van der Waals surface area contributed by atoms with Gasteiger partial charge in [0.1, 0.15) is 6.26 Å². The smallest absolute Gasteiger partial charge is 0.360 e. The standard InChI is InChI=1S/C10H10N2O3S2/c1-3-14-8(13)7-4-15-9(12-7)17-10-11-6(2)5-16-10/h4-5H,3H2,1-2H3. The van der Waals surface area contributed by atoms with Crippen molar-refractivity contribution in [2.75, 3.05) is 6.61 Å². The van der Waals surface area contributed by atoms with Crippen LogP contribution in [0.25, 0.3) is 0 Å². The van der Waals surface area contributed by atoms with Crippen LogP contribution in [-0.4, -0.2) is 22.5 Å². The van der Waals surface area contributed by atoms with Crippen molar-refractivity contribution in [3.8, 4) is 0 Å². The second-order valence-corrected chi connectivity index (χ2v) is 5.13. The molecule has 0 saturated heterocycles. The van der Waals surface area contributed by atoms with Crippen molar-refractivity contribution in [2.24, 2.45) is 0 Å². The van der Waals surface area contributed by atoms with Gasteiger partial charge in [-0.2, -0.15) is 4.98 Å². The second kappa shape index (κ2) is 5.33. The normalized spacial score (nSPS) is 10.5. The molecule has 0 saturated carbocycles. The third-order valence-electron chi connectivity index (χ3n) is 1.74. The number of hydrogen-bond acceptors (Lipinski definition) is 7. The van der Waals surface area contributed by atoms with E-state index in [0.717, 1.165) is 10.0 Å². The van der Waals surface area contributed by atoms with Crippen LogP contribution in [0.5, 0.6) is 0 Å². The maximum absolute atomic E-state index is 11.3. The molecule has 7 heteroatoms. The number of hydrogen-bond donors (Lipinski definition) is 0. The van der Waals surface area contributed by atoms with Crippen molar-refractivity contribution >= 4 is 29.1 Å². The van der Waals surface area contributed by atoms with Gasteiger partial charge in [0.25, 0.3) is 5.22 Å². The maximum Gasteiger partial charge on any atom is 0.360 e. The molecule has 2 heterocycles. The van der Waals surface area contributed by atoms with Crippen LogP contribution in [0.1, 0.15) is 23.1 Å². The summed E-state index contributed by atoms with van der Waals surface area (Å²) in [5, 5.41) is 2.33. The molecule has 0 N–H and O–H groups in total. The molecule has 90 valence electrons. The van der Waals surface area contributed by atoms with E-state index in [0.29, 0.717) is 11.8 Å². The lowest BCUT2D eigenvalue weighted by atomic mass is 10.5. The number of carbonyl (C=O) groups is 1. The molecule has 0 aliphatic carbocycles. The molecule has 0 amide bonds. The van der Waals surface area contributed by atoms with E-state index in [1.54, 1.807) is 6.92 Å². The zero-order valence-corrected chi connectivity index (χ0v) is 10.9. The number of thiazole rings is 1. The fraction of sp³-hybridized carbons (Fsp3) is 0.300. The predicted octanol–water partition coefficient (Wildman–Crippen LogP) is 2.77. The number of ether oxygens (including phenoxy) is 1. The minimum absolute atomic E-state index is 0.183. The zero-order chi connectivity index (χ0) is 12.3. The third-order valence-corrected chi connectivity index (χ3v) is 3.66. The molecule has 17 heavy (non-hydrogen) atoms. The molecule has 0 aromatic carbocycles. The van der Waals surface area contributed by atoms with Gasteiger partial charge in [0.05, 0.1) is 6.61 Å². The van der Waals surface area contributed by atoms with Crippen molar-refractivity contribution in [3.05, 3.63) is 23.0 Å². The van der Waals surface area contributed by atoms with Gasteiger partial charge < -0.3 is 9.15 Å². The number of esters is 1. The molecule has 5 nitrogen and oxygen atoms in total. The third kappa shape index (κ3) is 3.07. The Kier molecular flexibility index (Phi) is 3.80. The first-order valence-corrected chi connectivity index (χ1v) is 6.61. The van der Waals surface area contributed by atoms with Crippen LogP contribution in [-0.2, 0) is 4.74 Å². The Morgan fingerprint density at radius 3 is 3.06 bits per heavy atom. The Bertz CT molecular complexity index is 521. The van der Waals surface area contributed by atoms with Crippen molar-refractivity contribution in [3.63, 3.8) is 0 Å². The maximum atomic E-state index is 11.3. The lowest BCUT2D eigenvalue weighted by Gasteiger charge is -1.94. The van der Waals surface area contributed by atoms with Crippen molar-refractivity contribution in [2.45, 2.75) is 23.4 Å². The van der Waals surface area contributed by atoms with Crippen LogP contribution < -0.4 is 0 Å². The van der Waals surface area contributed by atoms with Crippen LogP contribution in [0.2, 0.25) is 0 Å². The summed E-state index contributed by atoms with van der Waals surface area (Å²) >= 11 is 2.79. The van der Waals surface area contributed by atoms with Gasteiger partial charge in [-0.25, -0.2) is 9.78 Å². The van der Waals surface area contributed by atoms with E-state index >= 15 is 0 Å². The van der Waals surface area contributed by atoms with Gasteiger partial charge in [-0.3, -0.25) is 0 Å². The van der Waals surface area contributed by atoms with Gasteiger partial charge in [0.2, 0.25) is 0 Å². The topological polar surface area (TPSA) is 65.2 Å². The first-order valence-electron chi connectivity index (χ1n) is 4.91. The van der Waals surface area contributed by atoms with E-state index in [-0.39, 0.29) is 5.69 Å². The monoisotopic (exact) mass is 270 g/mol. The zero-order valence-electron chi connectivity index (χ0n) is 9.30. The van der Waals surface area contributed by atoms with Crippen LogP contribution in [0.3, 0.4) is 0 Å². The van der Waals surface area contributed by atoms with E-state index in [9.17, 15) is 4.79 Å². The molecule has 0 aliphatic rings. The molecule has 2 aromatic heterocycles. The van der Waals surface area contributed by atoms with Gasteiger partial charge in [0.15, 0.2) is 10.0 Å². The Morgan fingerprint density at radius 1 is 1.59 bits per heavy atom. The van der Waals surface area contributed by atoms with E-state index in [4.69, 9.17) is 9.15 Å². The fourth-order valence-electron chi connectivity index (χ4n) is 1.06. The molecular formula is C10H10N2O3S2. The first-order chi connectivity index (χ1) is 8.19. The number of carbonyl (C=O) groups excluding carboxylic acids is 1. The number of nitrogens with zero attached hydrogens (tertiary/aromatic N) is 2. The quantitative estimate of drug-likeness (QED) is 0.796. The fourth-order valence-corrected chi connectivity index (χ4v) is 2.71. The van der Waals surface area contributed by atoms with E-state index in [2.05, 4.69) is 9.97 Å². The molecule has 0 bridgehead atoms. The Balaban J connectivity index is 2.06. The lowest BCUT2D eigenvalue weighted by Crippen LogP contribution is -2.04. The molecule has 2 rings (SSSR count). The van der Waals surface area contributed by atoms with E-state index < -0.39 is 5.97 Å². The summed E-state index contributed by atoms with van der Waals surface area (Å²) in [6.45, 7) is 3.98. The summed E-state index contributed by atoms with van der Waals surface area (Å²) in [5.41, 5.74) is 1.14. The summed E-state index contributed by atoms with van der Waals surface area (Å²) in [6, 6.07) is 0. The second-order valence-electron chi connectivity index (χ2n) is 3.08. The molecule has 2 aromatic rings. The number of oxazole rings is 1. The number of rotatable bonds is 4. The molecule has 0 fully saturated rings. The van der Waals surface area contributed by atoms with E-state index in [1.165, 1.54) is 29.4 Å². The first kappa shape index (κ1) is 12.1. The molecule has 0 unspecified atom stereocenters.